The molecule has 0 spiro atoms. The van der Waals surface area contributed by atoms with Crippen molar-refractivity contribution >= 4 is 38.4 Å². The van der Waals surface area contributed by atoms with Gasteiger partial charge in [0.05, 0.1) is 17.2 Å². The summed E-state index contributed by atoms with van der Waals surface area (Å²) in [6, 6.07) is 11.3. The third-order valence-electron chi connectivity index (χ3n) is 4.35. The van der Waals surface area contributed by atoms with Crippen molar-refractivity contribution in [1.29, 1.82) is 0 Å². The highest BCUT2D eigenvalue weighted by Gasteiger charge is 2.10. The molecule has 146 valence electrons. The van der Waals surface area contributed by atoms with Crippen molar-refractivity contribution in [1.82, 2.24) is 19.3 Å². The summed E-state index contributed by atoms with van der Waals surface area (Å²) in [5.74, 6) is -0.843. The fraction of sp³-hybridized carbons (Fsp3) is 0.100. The molecule has 0 bridgehead atoms. The van der Waals surface area contributed by atoms with Gasteiger partial charge in [0.1, 0.15) is 5.69 Å². The highest BCUT2D eigenvalue weighted by Crippen LogP contribution is 2.18. The Hall–Kier alpha value is -3.33. The molecule has 4 aromatic rings. The number of rotatable bonds is 5. The molecule has 29 heavy (non-hydrogen) atoms. The number of amides is 1. The largest absolute Gasteiger partial charge is 0.326 e. The van der Waals surface area contributed by atoms with Crippen LogP contribution in [-0.4, -0.2) is 25.2 Å². The predicted octanol–water partition coefficient (Wildman–Crippen LogP) is 3.51. The molecule has 4 rings (SSSR count). The van der Waals surface area contributed by atoms with Crippen LogP contribution < -0.4 is 10.9 Å². The Kier molecular flexibility index (Phi) is 5.22. The Morgan fingerprint density at radius 1 is 1.21 bits per heavy atom. The molecular formula is C20H15BrFN5O2. The number of nitrogens with one attached hydrogen (secondary N) is 1. The topological polar surface area (TPSA) is 81.8 Å². The molecule has 0 atom stereocenters. The maximum atomic E-state index is 14.3. The summed E-state index contributed by atoms with van der Waals surface area (Å²) in [6.45, 7) is 0.161. The van der Waals surface area contributed by atoms with E-state index in [1.165, 1.54) is 27.7 Å². The summed E-state index contributed by atoms with van der Waals surface area (Å²) in [6.07, 6.45) is 4.65. The number of hydrogen-bond acceptors (Lipinski definition) is 4. The van der Waals surface area contributed by atoms with Gasteiger partial charge in [-0.05, 0) is 42.5 Å². The number of benzene rings is 2. The minimum absolute atomic E-state index is 0.0453. The zero-order valence-electron chi connectivity index (χ0n) is 15.0. The normalized spacial score (nSPS) is 11.0. The van der Waals surface area contributed by atoms with E-state index in [0.717, 1.165) is 4.47 Å². The summed E-state index contributed by atoms with van der Waals surface area (Å²) in [5.41, 5.74) is 0.981. The summed E-state index contributed by atoms with van der Waals surface area (Å²) >= 11 is 3.34. The van der Waals surface area contributed by atoms with Crippen molar-refractivity contribution in [3.8, 4) is 5.69 Å². The first kappa shape index (κ1) is 19.0. The van der Waals surface area contributed by atoms with Gasteiger partial charge in [0, 0.05) is 35.5 Å². The molecule has 0 aliphatic carbocycles. The Bertz CT molecular complexity index is 1250. The van der Waals surface area contributed by atoms with Crippen LogP contribution in [0, 0.1) is 5.82 Å². The van der Waals surface area contributed by atoms with Crippen molar-refractivity contribution in [3.05, 3.63) is 81.8 Å². The number of carbonyl (C=O) groups is 1. The van der Waals surface area contributed by atoms with Crippen molar-refractivity contribution in [2.24, 2.45) is 0 Å². The van der Waals surface area contributed by atoms with Crippen molar-refractivity contribution in [2.75, 3.05) is 5.32 Å². The lowest BCUT2D eigenvalue weighted by Gasteiger charge is -2.09. The highest BCUT2D eigenvalue weighted by molar-refractivity contribution is 9.10. The Balaban J connectivity index is 1.44. The van der Waals surface area contributed by atoms with E-state index in [4.69, 9.17) is 0 Å². The van der Waals surface area contributed by atoms with Crippen molar-refractivity contribution < 1.29 is 9.18 Å². The van der Waals surface area contributed by atoms with E-state index in [0.29, 0.717) is 16.6 Å². The van der Waals surface area contributed by atoms with Crippen molar-refractivity contribution in [2.45, 2.75) is 13.0 Å². The Labute approximate surface area is 172 Å². The quantitative estimate of drug-likeness (QED) is 0.499. The average molecular weight is 456 g/mol. The van der Waals surface area contributed by atoms with Gasteiger partial charge in [0.15, 0.2) is 5.82 Å². The predicted molar refractivity (Wildman–Crippen MR) is 110 cm³/mol. The second kappa shape index (κ2) is 7.96. The average Bonchev–Trinajstić information content (AvgIpc) is 3.22. The van der Waals surface area contributed by atoms with Crippen LogP contribution in [0.3, 0.4) is 0 Å². The molecule has 0 radical (unpaired) electrons. The van der Waals surface area contributed by atoms with Gasteiger partial charge in [-0.2, -0.15) is 5.10 Å². The molecule has 1 amide bonds. The molecular weight excluding hydrogens is 441 g/mol. The van der Waals surface area contributed by atoms with Gasteiger partial charge in [0.25, 0.3) is 5.56 Å². The first-order valence-electron chi connectivity index (χ1n) is 8.75. The second-order valence-electron chi connectivity index (χ2n) is 6.32. The minimum atomic E-state index is -0.507. The van der Waals surface area contributed by atoms with Gasteiger partial charge in [-0.3, -0.25) is 14.2 Å². The number of carbonyl (C=O) groups excluding carboxylic acids is 1. The SMILES string of the molecule is O=C(CCn1cnc2ccc(Br)cc2c1=O)Nc1ccc(-n2cccn2)c(F)c1. The first-order chi connectivity index (χ1) is 14.0. The molecule has 2 heterocycles. The van der Waals surface area contributed by atoms with Crippen LogP contribution in [0.25, 0.3) is 16.6 Å². The molecule has 2 aromatic heterocycles. The number of halogens is 2. The molecule has 0 fully saturated rings. The smallest absolute Gasteiger partial charge is 0.261 e. The van der Waals surface area contributed by atoms with Crippen molar-refractivity contribution in [3.63, 3.8) is 0 Å². The summed E-state index contributed by atoms with van der Waals surface area (Å²) in [7, 11) is 0. The van der Waals surface area contributed by atoms with Crippen LogP contribution in [0.4, 0.5) is 10.1 Å². The van der Waals surface area contributed by atoms with Crippen LogP contribution in [0.2, 0.25) is 0 Å². The lowest BCUT2D eigenvalue weighted by atomic mass is 10.2. The molecule has 7 nitrogen and oxygen atoms in total. The molecule has 0 saturated heterocycles. The molecule has 0 saturated carbocycles. The highest BCUT2D eigenvalue weighted by atomic mass is 79.9. The second-order valence-corrected chi connectivity index (χ2v) is 7.24. The van der Waals surface area contributed by atoms with E-state index in [-0.39, 0.29) is 30.1 Å². The van der Waals surface area contributed by atoms with Crippen LogP contribution in [-0.2, 0) is 11.3 Å². The molecule has 1 N–H and O–H groups in total. The lowest BCUT2D eigenvalue weighted by Crippen LogP contribution is -2.23. The van der Waals surface area contributed by atoms with E-state index in [1.807, 2.05) is 6.07 Å². The monoisotopic (exact) mass is 455 g/mol. The molecule has 0 aliphatic rings. The van der Waals surface area contributed by atoms with E-state index in [1.54, 1.807) is 36.7 Å². The summed E-state index contributed by atoms with van der Waals surface area (Å²) < 4.78 is 17.8. The van der Waals surface area contributed by atoms with Gasteiger partial charge in [-0.1, -0.05) is 15.9 Å². The number of aromatic nitrogens is 4. The fourth-order valence-corrected chi connectivity index (χ4v) is 3.28. The molecule has 0 aliphatic heterocycles. The van der Waals surface area contributed by atoms with E-state index in [2.05, 4.69) is 31.3 Å². The molecule has 0 unspecified atom stereocenters. The fourth-order valence-electron chi connectivity index (χ4n) is 2.92. The van der Waals surface area contributed by atoms with Gasteiger partial charge in [-0.25, -0.2) is 14.1 Å². The maximum Gasteiger partial charge on any atom is 0.261 e. The Morgan fingerprint density at radius 2 is 2.07 bits per heavy atom. The number of fused-ring (bicyclic) bond motifs is 1. The Morgan fingerprint density at radius 3 is 2.83 bits per heavy atom. The third kappa shape index (κ3) is 4.09. The van der Waals surface area contributed by atoms with Gasteiger partial charge in [-0.15, -0.1) is 0 Å². The number of aryl methyl sites for hydroxylation is 1. The zero-order chi connectivity index (χ0) is 20.4. The molecule has 2 aromatic carbocycles. The van der Waals surface area contributed by atoms with Crippen LogP contribution in [0.1, 0.15) is 6.42 Å². The summed E-state index contributed by atoms with van der Waals surface area (Å²) in [4.78, 5) is 29.0. The van der Waals surface area contributed by atoms with Gasteiger partial charge in [0.2, 0.25) is 5.91 Å². The lowest BCUT2D eigenvalue weighted by molar-refractivity contribution is -0.116. The number of nitrogens with zero attached hydrogens (tertiary/aromatic N) is 4. The van der Waals surface area contributed by atoms with Gasteiger partial charge < -0.3 is 5.32 Å². The first-order valence-corrected chi connectivity index (χ1v) is 9.55. The number of anilines is 1. The molecule has 9 heteroatoms. The van der Waals surface area contributed by atoms with E-state index < -0.39 is 5.82 Å². The van der Waals surface area contributed by atoms with E-state index in [9.17, 15) is 14.0 Å². The van der Waals surface area contributed by atoms with Crippen LogP contribution >= 0.6 is 15.9 Å². The van der Waals surface area contributed by atoms with E-state index >= 15 is 0 Å². The third-order valence-corrected chi connectivity index (χ3v) is 4.84. The van der Waals surface area contributed by atoms with Crippen LogP contribution in [0.15, 0.2) is 70.5 Å². The standard InChI is InChI=1S/C20H15BrFN5O2/c21-13-2-4-17-15(10-13)20(29)26(12-23-17)9-6-19(28)25-14-3-5-18(16(22)11-14)27-8-1-7-24-27/h1-5,7-8,10-12H,6,9H2,(H,25,28). The van der Waals surface area contributed by atoms with Gasteiger partial charge >= 0.3 is 0 Å². The van der Waals surface area contributed by atoms with Crippen LogP contribution in [0.5, 0.6) is 0 Å². The number of hydrogen-bond donors (Lipinski definition) is 1. The zero-order valence-corrected chi connectivity index (χ0v) is 16.6. The maximum absolute atomic E-state index is 14.3. The minimum Gasteiger partial charge on any atom is -0.326 e. The summed E-state index contributed by atoms with van der Waals surface area (Å²) in [5, 5.41) is 7.09.